The van der Waals surface area contributed by atoms with Crippen LogP contribution in [-0.4, -0.2) is 64.1 Å². The highest BCUT2D eigenvalue weighted by Gasteiger charge is 2.13. The quantitative estimate of drug-likeness (QED) is 0.510. The fourth-order valence-corrected chi connectivity index (χ4v) is 1.18. The van der Waals surface area contributed by atoms with Crippen LogP contribution in [0, 0.1) is 11.3 Å². The van der Waals surface area contributed by atoms with Crippen LogP contribution in [0.2, 0.25) is 0 Å². The molecule has 0 rings (SSSR count). The highest BCUT2D eigenvalue weighted by molar-refractivity contribution is 4.67. The average Bonchev–Trinajstić information content (AvgIpc) is 2.40. The molecule has 6 heteroatoms. The van der Waals surface area contributed by atoms with Crippen molar-refractivity contribution in [2.45, 2.75) is 25.6 Å². The number of aliphatic hydroxyl groups is 1. The fraction of sp³-hybridized carbons (Fsp3) is 0.917. The Balaban J connectivity index is 3.74. The molecule has 0 aliphatic heterocycles. The van der Waals surface area contributed by atoms with E-state index in [4.69, 9.17) is 29.3 Å². The Morgan fingerprint density at radius 3 is 2.44 bits per heavy atom. The molecule has 0 aromatic carbocycles. The normalized spacial score (nSPS) is 14.1. The molecule has 0 heterocycles. The van der Waals surface area contributed by atoms with E-state index in [1.165, 1.54) is 0 Å². The van der Waals surface area contributed by atoms with Gasteiger partial charge in [0.15, 0.2) is 0 Å². The number of rotatable bonds is 12. The molecule has 0 fully saturated rings. The predicted octanol–water partition coefficient (Wildman–Crippen LogP) is 0.346. The Bertz CT molecular complexity index is 219. The van der Waals surface area contributed by atoms with E-state index in [2.05, 4.69) is 0 Å². The van der Waals surface area contributed by atoms with Crippen molar-refractivity contribution in [3.05, 3.63) is 0 Å². The van der Waals surface area contributed by atoms with Gasteiger partial charge in [-0.15, -0.1) is 0 Å². The molecular formula is C12H23NO5. The Morgan fingerprint density at radius 1 is 1.17 bits per heavy atom. The molecular weight excluding hydrogens is 238 g/mol. The smallest absolute Gasteiger partial charge is 0.133 e. The number of nitrogens with zero attached hydrogens (tertiary/aromatic N) is 1. The molecule has 0 radical (unpaired) electrons. The second kappa shape index (κ2) is 12.7. The number of ether oxygens (including phenoxy) is 4. The maximum Gasteiger partial charge on any atom is 0.133 e. The zero-order valence-electron chi connectivity index (χ0n) is 11.1. The molecule has 6 nitrogen and oxygen atoms in total. The summed E-state index contributed by atoms with van der Waals surface area (Å²) in [5.74, 6) is 0. The summed E-state index contributed by atoms with van der Waals surface area (Å²) in [4.78, 5) is 0. The van der Waals surface area contributed by atoms with Crippen LogP contribution in [0.15, 0.2) is 0 Å². The van der Waals surface area contributed by atoms with Gasteiger partial charge in [0, 0.05) is 13.7 Å². The van der Waals surface area contributed by atoms with E-state index in [9.17, 15) is 0 Å². The van der Waals surface area contributed by atoms with Crippen molar-refractivity contribution in [1.29, 1.82) is 5.26 Å². The van der Waals surface area contributed by atoms with Gasteiger partial charge in [-0.3, -0.25) is 0 Å². The SMILES string of the molecule is CCCOCC(CO)OCC(COCC#N)OC. The van der Waals surface area contributed by atoms with Crippen molar-refractivity contribution in [2.75, 3.05) is 46.8 Å². The van der Waals surface area contributed by atoms with Gasteiger partial charge < -0.3 is 24.1 Å². The lowest BCUT2D eigenvalue weighted by Crippen LogP contribution is -2.31. The monoisotopic (exact) mass is 261 g/mol. The molecule has 0 amide bonds. The van der Waals surface area contributed by atoms with Crippen LogP contribution in [0.25, 0.3) is 0 Å². The first-order valence-electron chi connectivity index (χ1n) is 6.06. The van der Waals surface area contributed by atoms with Crippen LogP contribution >= 0.6 is 0 Å². The number of hydrogen-bond donors (Lipinski definition) is 1. The lowest BCUT2D eigenvalue weighted by molar-refractivity contribution is -0.0904. The standard InChI is InChI=1S/C12H23NO5/c1-3-5-16-8-11(7-14)18-10-12(15-2)9-17-6-4-13/h11-12,14H,3,5-10H2,1-2H3. The third kappa shape index (κ3) is 9.33. The van der Waals surface area contributed by atoms with Gasteiger partial charge in [-0.05, 0) is 6.42 Å². The van der Waals surface area contributed by atoms with E-state index in [0.29, 0.717) is 19.8 Å². The Hall–Kier alpha value is -0.710. The van der Waals surface area contributed by atoms with E-state index in [1.54, 1.807) is 7.11 Å². The van der Waals surface area contributed by atoms with Gasteiger partial charge in [0.05, 0.1) is 32.5 Å². The second-order valence-electron chi connectivity index (χ2n) is 3.74. The van der Waals surface area contributed by atoms with Crippen LogP contribution in [0.1, 0.15) is 13.3 Å². The van der Waals surface area contributed by atoms with E-state index >= 15 is 0 Å². The summed E-state index contributed by atoms with van der Waals surface area (Å²) in [7, 11) is 1.55. The fourth-order valence-electron chi connectivity index (χ4n) is 1.18. The minimum Gasteiger partial charge on any atom is -0.394 e. The molecule has 0 aliphatic rings. The van der Waals surface area contributed by atoms with Crippen molar-refractivity contribution in [3.63, 3.8) is 0 Å². The van der Waals surface area contributed by atoms with Gasteiger partial charge >= 0.3 is 0 Å². The molecule has 2 atom stereocenters. The molecule has 0 spiro atoms. The molecule has 0 aromatic heterocycles. The molecule has 0 saturated heterocycles. The van der Waals surface area contributed by atoms with Crippen molar-refractivity contribution >= 4 is 0 Å². The third-order valence-corrected chi connectivity index (χ3v) is 2.18. The number of methoxy groups -OCH3 is 1. The lowest BCUT2D eigenvalue weighted by atomic mass is 10.3. The topological polar surface area (TPSA) is 80.9 Å². The first-order valence-corrected chi connectivity index (χ1v) is 6.06. The van der Waals surface area contributed by atoms with Gasteiger partial charge in [0.1, 0.15) is 18.8 Å². The average molecular weight is 261 g/mol. The highest BCUT2D eigenvalue weighted by Crippen LogP contribution is 1.99. The van der Waals surface area contributed by atoms with E-state index < -0.39 is 0 Å². The summed E-state index contributed by atoms with van der Waals surface area (Å²) in [5, 5.41) is 17.4. The highest BCUT2D eigenvalue weighted by atomic mass is 16.6. The minimum atomic E-state index is -0.356. The predicted molar refractivity (Wildman–Crippen MR) is 65.2 cm³/mol. The van der Waals surface area contributed by atoms with Crippen LogP contribution in [0.4, 0.5) is 0 Å². The summed E-state index contributed by atoms with van der Waals surface area (Å²) in [6.07, 6.45) is 0.324. The number of hydrogen-bond acceptors (Lipinski definition) is 6. The first kappa shape index (κ1) is 17.3. The van der Waals surface area contributed by atoms with Crippen LogP contribution in [0.5, 0.6) is 0 Å². The zero-order valence-corrected chi connectivity index (χ0v) is 11.1. The van der Waals surface area contributed by atoms with E-state index in [0.717, 1.165) is 6.42 Å². The number of aliphatic hydroxyl groups excluding tert-OH is 1. The van der Waals surface area contributed by atoms with Gasteiger partial charge in [0.25, 0.3) is 0 Å². The van der Waals surface area contributed by atoms with Gasteiger partial charge in [0.2, 0.25) is 0 Å². The van der Waals surface area contributed by atoms with Crippen LogP contribution in [0.3, 0.4) is 0 Å². The molecule has 0 aliphatic carbocycles. The molecule has 2 unspecified atom stereocenters. The Morgan fingerprint density at radius 2 is 1.89 bits per heavy atom. The Kier molecular flexibility index (Phi) is 12.2. The van der Waals surface area contributed by atoms with Gasteiger partial charge in [-0.1, -0.05) is 6.92 Å². The van der Waals surface area contributed by atoms with Crippen LogP contribution < -0.4 is 0 Å². The van der Waals surface area contributed by atoms with Crippen molar-refractivity contribution in [3.8, 4) is 6.07 Å². The van der Waals surface area contributed by atoms with Crippen LogP contribution in [-0.2, 0) is 18.9 Å². The minimum absolute atomic E-state index is 0.0307. The molecule has 0 aromatic rings. The third-order valence-electron chi connectivity index (χ3n) is 2.18. The summed E-state index contributed by atoms with van der Waals surface area (Å²) in [5.41, 5.74) is 0. The Labute approximate surface area is 108 Å². The van der Waals surface area contributed by atoms with Crippen molar-refractivity contribution in [1.82, 2.24) is 0 Å². The zero-order chi connectivity index (χ0) is 13.6. The summed E-state index contributed by atoms with van der Waals surface area (Å²) < 4.78 is 20.9. The summed E-state index contributed by atoms with van der Waals surface area (Å²) in [6.45, 7) is 3.55. The maximum atomic E-state index is 9.10. The molecule has 0 saturated carbocycles. The summed E-state index contributed by atoms with van der Waals surface area (Å²) in [6, 6.07) is 1.88. The van der Waals surface area contributed by atoms with Crippen molar-refractivity contribution in [2.24, 2.45) is 0 Å². The largest absolute Gasteiger partial charge is 0.394 e. The molecule has 1 N–H and O–H groups in total. The maximum absolute atomic E-state index is 9.10. The summed E-state index contributed by atoms with van der Waals surface area (Å²) >= 11 is 0. The van der Waals surface area contributed by atoms with E-state index in [1.807, 2.05) is 13.0 Å². The van der Waals surface area contributed by atoms with E-state index in [-0.39, 0.29) is 32.0 Å². The molecule has 0 bridgehead atoms. The van der Waals surface area contributed by atoms with Crippen molar-refractivity contribution < 1.29 is 24.1 Å². The first-order chi connectivity index (χ1) is 8.78. The number of nitriles is 1. The van der Waals surface area contributed by atoms with Gasteiger partial charge in [-0.25, -0.2) is 0 Å². The lowest BCUT2D eigenvalue weighted by Gasteiger charge is -2.20. The molecule has 106 valence electrons. The second-order valence-corrected chi connectivity index (χ2v) is 3.74. The van der Waals surface area contributed by atoms with Gasteiger partial charge in [-0.2, -0.15) is 5.26 Å². The molecule has 18 heavy (non-hydrogen) atoms.